The van der Waals surface area contributed by atoms with Gasteiger partial charge >= 0.3 is 0 Å². The predicted molar refractivity (Wildman–Crippen MR) is 75.9 cm³/mol. The molecular formula is C15H30N2O. The minimum atomic E-state index is 0.497. The van der Waals surface area contributed by atoms with Crippen LogP contribution in [0, 0.1) is 5.41 Å². The lowest BCUT2D eigenvalue weighted by atomic mass is 9.72. The Labute approximate surface area is 112 Å². The van der Waals surface area contributed by atoms with E-state index < -0.39 is 0 Å². The summed E-state index contributed by atoms with van der Waals surface area (Å²) in [5.41, 5.74) is 0.497. The molecule has 2 rings (SSSR count). The van der Waals surface area contributed by atoms with Crippen LogP contribution in [0.5, 0.6) is 0 Å². The summed E-state index contributed by atoms with van der Waals surface area (Å²) in [6.07, 6.45) is 6.36. The van der Waals surface area contributed by atoms with E-state index in [0.717, 1.165) is 13.2 Å². The van der Waals surface area contributed by atoms with Crippen molar-refractivity contribution in [1.82, 2.24) is 10.2 Å². The Kier molecular flexibility index (Phi) is 4.68. The number of likely N-dealkylation sites (N-methyl/N-ethyl adjacent to an activating group) is 2. The SMILES string of the molecule is CNC1CCC(C)(C)CC1N(C)C1CCOCC1. The molecule has 0 spiro atoms. The Hall–Kier alpha value is -0.120. The van der Waals surface area contributed by atoms with Crippen LogP contribution in [0.1, 0.15) is 46.0 Å². The first-order valence-electron chi connectivity index (χ1n) is 7.50. The molecule has 2 fully saturated rings. The maximum Gasteiger partial charge on any atom is 0.0480 e. The van der Waals surface area contributed by atoms with Gasteiger partial charge < -0.3 is 10.1 Å². The van der Waals surface area contributed by atoms with Crippen LogP contribution in [-0.2, 0) is 4.74 Å². The predicted octanol–water partition coefficient (Wildman–Crippen LogP) is 2.26. The summed E-state index contributed by atoms with van der Waals surface area (Å²) < 4.78 is 5.49. The van der Waals surface area contributed by atoms with Crippen molar-refractivity contribution >= 4 is 0 Å². The van der Waals surface area contributed by atoms with Crippen LogP contribution in [-0.4, -0.2) is 50.3 Å². The monoisotopic (exact) mass is 254 g/mol. The lowest BCUT2D eigenvalue weighted by molar-refractivity contribution is -0.000261. The summed E-state index contributed by atoms with van der Waals surface area (Å²) in [6, 6.07) is 2.06. The van der Waals surface area contributed by atoms with Crippen LogP contribution in [0.15, 0.2) is 0 Å². The minimum Gasteiger partial charge on any atom is -0.381 e. The van der Waals surface area contributed by atoms with Crippen LogP contribution in [0.25, 0.3) is 0 Å². The van der Waals surface area contributed by atoms with Crippen molar-refractivity contribution in [1.29, 1.82) is 0 Å². The zero-order valence-electron chi connectivity index (χ0n) is 12.5. The normalized spacial score (nSPS) is 33.8. The van der Waals surface area contributed by atoms with E-state index in [1.165, 1.54) is 32.1 Å². The van der Waals surface area contributed by atoms with Gasteiger partial charge in [0.25, 0.3) is 0 Å². The van der Waals surface area contributed by atoms with E-state index in [4.69, 9.17) is 4.74 Å². The molecule has 0 aromatic carbocycles. The Morgan fingerprint density at radius 2 is 1.83 bits per heavy atom. The van der Waals surface area contributed by atoms with E-state index in [-0.39, 0.29) is 0 Å². The summed E-state index contributed by atoms with van der Waals surface area (Å²) in [6.45, 7) is 6.72. The van der Waals surface area contributed by atoms with Gasteiger partial charge in [-0.05, 0) is 51.6 Å². The highest BCUT2D eigenvalue weighted by Crippen LogP contribution is 2.38. The molecule has 1 aliphatic carbocycles. The number of nitrogens with zero attached hydrogens (tertiary/aromatic N) is 1. The molecule has 1 saturated heterocycles. The summed E-state index contributed by atoms with van der Waals surface area (Å²) >= 11 is 0. The molecule has 0 radical (unpaired) electrons. The van der Waals surface area contributed by atoms with Crippen molar-refractivity contribution in [3.63, 3.8) is 0 Å². The third kappa shape index (κ3) is 3.25. The van der Waals surface area contributed by atoms with Crippen molar-refractivity contribution in [3.05, 3.63) is 0 Å². The average Bonchev–Trinajstić information content (AvgIpc) is 2.38. The molecule has 2 unspecified atom stereocenters. The third-order valence-electron chi connectivity index (χ3n) is 5.02. The molecule has 1 saturated carbocycles. The maximum atomic E-state index is 5.49. The number of nitrogens with one attached hydrogen (secondary N) is 1. The molecule has 2 atom stereocenters. The number of rotatable bonds is 3. The first-order valence-corrected chi connectivity index (χ1v) is 7.50. The summed E-state index contributed by atoms with van der Waals surface area (Å²) in [5.74, 6) is 0. The summed E-state index contributed by atoms with van der Waals surface area (Å²) in [7, 11) is 4.44. The van der Waals surface area contributed by atoms with Gasteiger partial charge in [0.1, 0.15) is 0 Å². The Morgan fingerprint density at radius 1 is 1.17 bits per heavy atom. The van der Waals surface area contributed by atoms with Crippen molar-refractivity contribution in [2.75, 3.05) is 27.3 Å². The van der Waals surface area contributed by atoms with Gasteiger partial charge in [-0.15, -0.1) is 0 Å². The van der Waals surface area contributed by atoms with Crippen LogP contribution >= 0.6 is 0 Å². The van der Waals surface area contributed by atoms with Crippen molar-refractivity contribution < 1.29 is 4.74 Å². The molecule has 0 bridgehead atoms. The van der Waals surface area contributed by atoms with Crippen LogP contribution in [0.2, 0.25) is 0 Å². The van der Waals surface area contributed by atoms with Gasteiger partial charge in [-0.1, -0.05) is 13.8 Å². The largest absolute Gasteiger partial charge is 0.381 e. The van der Waals surface area contributed by atoms with Crippen molar-refractivity contribution in [2.24, 2.45) is 5.41 Å². The van der Waals surface area contributed by atoms with Gasteiger partial charge in [-0.3, -0.25) is 4.90 Å². The fourth-order valence-electron chi connectivity index (χ4n) is 3.68. The topological polar surface area (TPSA) is 24.5 Å². The molecule has 0 aromatic rings. The van der Waals surface area contributed by atoms with E-state index in [9.17, 15) is 0 Å². The molecule has 1 heterocycles. The highest BCUT2D eigenvalue weighted by atomic mass is 16.5. The average molecular weight is 254 g/mol. The maximum absolute atomic E-state index is 5.49. The van der Waals surface area contributed by atoms with Gasteiger partial charge in [0.2, 0.25) is 0 Å². The number of hydrogen-bond donors (Lipinski definition) is 1. The second kappa shape index (κ2) is 5.89. The fourth-order valence-corrected chi connectivity index (χ4v) is 3.68. The second-order valence-electron chi connectivity index (χ2n) is 6.88. The minimum absolute atomic E-state index is 0.497. The fraction of sp³-hybridized carbons (Fsp3) is 1.00. The Balaban J connectivity index is 2.02. The summed E-state index contributed by atoms with van der Waals surface area (Å²) in [5, 5.41) is 3.54. The Morgan fingerprint density at radius 3 is 2.44 bits per heavy atom. The molecule has 2 aliphatic rings. The molecule has 106 valence electrons. The van der Waals surface area contributed by atoms with Crippen molar-refractivity contribution in [2.45, 2.75) is 64.1 Å². The van der Waals surface area contributed by atoms with E-state index in [2.05, 4.69) is 38.2 Å². The first kappa shape index (κ1) is 14.3. The molecule has 1 N–H and O–H groups in total. The standard InChI is InChI=1S/C15H30N2O/c1-15(2)8-5-13(16-3)14(11-15)17(4)12-6-9-18-10-7-12/h12-14,16H,5-11H2,1-4H3. The van der Waals surface area contributed by atoms with E-state index in [1.807, 2.05) is 0 Å². The number of hydrogen-bond acceptors (Lipinski definition) is 3. The lowest BCUT2D eigenvalue weighted by Gasteiger charge is -2.47. The van der Waals surface area contributed by atoms with Gasteiger partial charge in [0, 0.05) is 31.3 Å². The van der Waals surface area contributed by atoms with Crippen LogP contribution in [0.3, 0.4) is 0 Å². The first-order chi connectivity index (χ1) is 8.53. The van der Waals surface area contributed by atoms with Crippen molar-refractivity contribution in [3.8, 4) is 0 Å². The van der Waals surface area contributed by atoms with E-state index >= 15 is 0 Å². The van der Waals surface area contributed by atoms with Gasteiger partial charge in [0.15, 0.2) is 0 Å². The van der Waals surface area contributed by atoms with E-state index in [0.29, 0.717) is 23.5 Å². The lowest BCUT2D eigenvalue weighted by Crippen LogP contribution is -2.56. The second-order valence-corrected chi connectivity index (χ2v) is 6.88. The molecule has 3 heteroatoms. The smallest absolute Gasteiger partial charge is 0.0480 e. The third-order valence-corrected chi connectivity index (χ3v) is 5.02. The molecule has 18 heavy (non-hydrogen) atoms. The zero-order chi connectivity index (χ0) is 13.2. The highest BCUT2D eigenvalue weighted by Gasteiger charge is 2.38. The Bertz CT molecular complexity index is 261. The van der Waals surface area contributed by atoms with Gasteiger partial charge in [0.05, 0.1) is 0 Å². The van der Waals surface area contributed by atoms with Crippen LogP contribution < -0.4 is 5.32 Å². The summed E-state index contributed by atoms with van der Waals surface area (Å²) in [4.78, 5) is 2.64. The molecule has 3 nitrogen and oxygen atoms in total. The van der Waals surface area contributed by atoms with Gasteiger partial charge in [-0.25, -0.2) is 0 Å². The molecule has 0 amide bonds. The van der Waals surface area contributed by atoms with Crippen LogP contribution in [0.4, 0.5) is 0 Å². The van der Waals surface area contributed by atoms with Gasteiger partial charge in [-0.2, -0.15) is 0 Å². The zero-order valence-corrected chi connectivity index (χ0v) is 12.5. The quantitative estimate of drug-likeness (QED) is 0.836. The number of ether oxygens (including phenoxy) is 1. The molecule has 1 aliphatic heterocycles. The molecular weight excluding hydrogens is 224 g/mol. The molecule has 0 aromatic heterocycles. The highest BCUT2D eigenvalue weighted by molar-refractivity contribution is 4.95. The van der Waals surface area contributed by atoms with E-state index in [1.54, 1.807) is 0 Å².